The van der Waals surface area contributed by atoms with Gasteiger partial charge in [0.2, 0.25) is 5.88 Å². The Morgan fingerprint density at radius 2 is 1.90 bits per heavy atom. The summed E-state index contributed by atoms with van der Waals surface area (Å²) < 4.78 is 6.98. The molecule has 0 bridgehead atoms. The number of Topliss-reactive ketones (excluding diaryl/α,β-unsaturated/α-hetero) is 1. The van der Waals surface area contributed by atoms with Crippen molar-refractivity contribution < 1.29 is 9.53 Å². The fourth-order valence-electron chi connectivity index (χ4n) is 3.10. The zero-order chi connectivity index (χ0) is 20.1. The van der Waals surface area contributed by atoms with Crippen LogP contribution in [0.25, 0.3) is 10.1 Å². The normalized spacial score (nSPS) is 10.6. The van der Waals surface area contributed by atoms with Gasteiger partial charge >= 0.3 is 0 Å². The number of ketones is 1. The molecule has 0 saturated heterocycles. The Bertz CT molecular complexity index is 1110. The van der Waals surface area contributed by atoms with Crippen LogP contribution >= 0.6 is 23.7 Å². The van der Waals surface area contributed by atoms with Crippen molar-refractivity contribution in [2.24, 2.45) is 5.73 Å². The van der Waals surface area contributed by atoms with Crippen LogP contribution in [0.15, 0.2) is 67.0 Å². The largest absolute Gasteiger partial charge is 0.473 e. The topological polar surface area (TPSA) is 78.1 Å². The molecule has 2 aromatic carbocycles. The highest BCUT2D eigenvalue weighted by Crippen LogP contribution is 2.26. The van der Waals surface area contributed by atoms with Crippen molar-refractivity contribution >= 4 is 39.6 Å². The molecule has 4 rings (SSSR count). The van der Waals surface area contributed by atoms with Gasteiger partial charge in [0.25, 0.3) is 0 Å². The first-order valence-electron chi connectivity index (χ1n) is 9.44. The fraction of sp³-hybridized carbons (Fsp3) is 0.174. The average Bonchev–Trinajstić information content (AvgIpc) is 3.19. The van der Waals surface area contributed by atoms with E-state index in [1.165, 1.54) is 21.3 Å². The van der Waals surface area contributed by atoms with Gasteiger partial charge in [-0.25, -0.2) is 9.97 Å². The number of aromatic nitrogens is 2. The molecular weight excluding hydrogens is 418 g/mol. The molecule has 154 valence electrons. The number of nitrogens with two attached hydrogens (primary N) is 1. The van der Waals surface area contributed by atoms with Crippen molar-refractivity contribution in [2.45, 2.75) is 26.0 Å². The minimum atomic E-state index is 0. The van der Waals surface area contributed by atoms with Gasteiger partial charge in [-0.05, 0) is 35.6 Å². The Balaban J connectivity index is 0.00000256. The number of hydrogen-bond donors (Lipinski definition) is 1. The lowest BCUT2D eigenvalue weighted by Gasteiger charge is -2.07. The maximum atomic E-state index is 12.7. The highest BCUT2D eigenvalue weighted by atomic mass is 35.5. The fourth-order valence-corrected chi connectivity index (χ4v) is 4.16. The minimum Gasteiger partial charge on any atom is -0.473 e. The van der Waals surface area contributed by atoms with Gasteiger partial charge in [-0.2, -0.15) is 0 Å². The highest BCUT2D eigenvalue weighted by molar-refractivity contribution is 7.19. The molecule has 0 radical (unpaired) electrons. The van der Waals surface area contributed by atoms with Crippen molar-refractivity contribution in [3.8, 4) is 5.88 Å². The number of hydrogen-bond acceptors (Lipinski definition) is 6. The Morgan fingerprint density at radius 1 is 1.03 bits per heavy atom. The lowest BCUT2D eigenvalue weighted by molar-refractivity contribution is 0.0983. The van der Waals surface area contributed by atoms with E-state index in [0.29, 0.717) is 31.0 Å². The highest BCUT2D eigenvalue weighted by Gasteiger charge is 2.09. The molecule has 0 fully saturated rings. The van der Waals surface area contributed by atoms with Crippen LogP contribution in [0.2, 0.25) is 0 Å². The Hall–Kier alpha value is -2.80. The number of carbonyl (C=O) groups is 1. The third-order valence-electron chi connectivity index (χ3n) is 4.62. The summed E-state index contributed by atoms with van der Waals surface area (Å²) in [6.45, 7) is 0.668. The lowest BCUT2D eigenvalue weighted by atomic mass is 10.0. The lowest BCUT2D eigenvalue weighted by Crippen LogP contribution is -2.04. The Kier molecular flexibility index (Phi) is 7.52. The second-order valence-electron chi connectivity index (χ2n) is 6.71. The first-order chi connectivity index (χ1) is 14.2. The van der Waals surface area contributed by atoms with Crippen molar-refractivity contribution in [3.63, 3.8) is 0 Å². The van der Waals surface area contributed by atoms with E-state index in [4.69, 9.17) is 10.5 Å². The van der Waals surface area contributed by atoms with Gasteiger partial charge in [0, 0.05) is 34.2 Å². The number of carbonyl (C=O) groups excluding carboxylic acids is 1. The van der Waals surface area contributed by atoms with E-state index in [2.05, 4.69) is 28.2 Å². The molecule has 0 aliphatic rings. The second-order valence-corrected chi connectivity index (χ2v) is 7.88. The van der Waals surface area contributed by atoms with Crippen LogP contribution in [0.4, 0.5) is 0 Å². The second kappa shape index (κ2) is 10.3. The molecule has 30 heavy (non-hydrogen) atoms. The average molecular weight is 440 g/mol. The summed E-state index contributed by atoms with van der Waals surface area (Å²) in [6, 6.07) is 19.8. The quantitative estimate of drug-likeness (QED) is 0.392. The molecule has 0 aliphatic heterocycles. The van der Waals surface area contributed by atoms with E-state index >= 15 is 0 Å². The van der Waals surface area contributed by atoms with E-state index < -0.39 is 0 Å². The molecule has 0 spiro atoms. The standard InChI is InChI=1S/C23H21N3O2S.ClH/c24-13-19-12-23(26-15-25-19)28-14-16-4-3-6-17(10-16)21(27)9-8-20-11-18-5-1-2-7-22(18)29-20;/h1-7,10-12,15H,8-9,13-14,24H2;1H. The van der Waals surface area contributed by atoms with Crippen LogP contribution in [0.3, 0.4) is 0 Å². The predicted octanol–water partition coefficient (Wildman–Crippen LogP) is 4.97. The molecule has 2 aromatic heterocycles. The zero-order valence-corrected chi connectivity index (χ0v) is 17.9. The summed E-state index contributed by atoms with van der Waals surface area (Å²) in [4.78, 5) is 22.0. The first-order valence-corrected chi connectivity index (χ1v) is 10.3. The number of rotatable bonds is 8. The zero-order valence-electron chi connectivity index (χ0n) is 16.3. The number of nitrogens with zero attached hydrogens (tertiary/aromatic N) is 2. The molecule has 5 nitrogen and oxygen atoms in total. The number of aryl methyl sites for hydroxylation is 1. The number of thiophene rings is 1. The summed E-state index contributed by atoms with van der Waals surface area (Å²) >= 11 is 1.75. The summed E-state index contributed by atoms with van der Waals surface area (Å²) in [7, 11) is 0. The molecule has 0 atom stereocenters. The van der Waals surface area contributed by atoms with Crippen LogP contribution in [-0.4, -0.2) is 15.8 Å². The third-order valence-corrected chi connectivity index (χ3v) is 5.79. The van der Waals surface area contributed by atoms with Crippen molar-refractivity contribution in [3.05, 3.63) is 88.7 Å². The maximum Gasteiger partial charge on any atom is 0.216 e. The molecule has 0 amide bonds. The molecule has 0 unspecified atom stereocenters. The monoisotopic (exact) mass is 439 g/mol. The molecular formula is C23H22ClN3O2S. The number of halogens is 1. The first kappa shape index (κ1) is 21.9. The van der Waals surface area contributed by atoms with Gasteiger partial charge in [0.1, 0.15) is 12.9 Å². The van der Waals surface area contributed by atoms with Crippen LogP contribution in [0.5, 0.6) is 5.88 Å². The predicted molar refractivity (Wildman–Crippen MR) is 122 cm³/mol. The van der Waals surface area contributed by atoms with Crippen molar-refractivity contribution in [1.29, 1.82) is 0 Å². The maximum absolute atomic E-state index is 12.7. The van der Waals surface area contributed by atoms with Gasteiger partial charge in [0.15, 0.2) is 5.78 Å². The van der Waals surface area contributed by atoms with Gasteiger partial charge in [-0.3, -0.25) is 4.79 Å². The molecule has 2 heterocycles. The van der Waals surface area contributed by atoms with Gasteiger partial charge < -0.3 is 10.5 Å². The third kappa shape index (κ3) is 5.42. The van der Waals surface area contributed by atoms with Crippen LogP contribution < -0.4 is 10.5 Å². The SMILES string of the molecule is Cl.NCc1cc(OCc2cccc(C(=O)CCc3cc4ccccc4s3)c2)ncn1. The molecule has 0 aliphatic carbocycles. The van der Waals surface area contributed by atoms with E-state index in [9.17, 15) is 4.79 Å². The summed E-state index contributed by atoms with van der Waals surface area (Å²) in [5.74, 6) is 0.610. The van der Waals surface area contributed by atoms with E-state index in [1.54, 1.807) is 17.4 Å². The number of benzene rings is 2. The minimum absolute atomic E-state index is 0. The number of fused-ring (bicyclic) bond motifs is 1. The van der Waals surface area contributed by atoms with Gasteiger partial charge in [0.05, 0.1) is 5.69 Å². The molecule has 7 heteroatoms. The van der Waals surface area contributed by atoms with Crippen LogP contribution in [0.1, 0.15) is 32.9 Å². The summed E-state index contributed by atoms with van der Waals surface area (Å²) in [5.41, 5.74) is 7.94. The Labute approximate surface area is 185 Å². The molecule has 2 N–H and O–H groups in total. The van der Waals surface area contributed by atoms with Crippen LogP contribution in [0, 0.1) is 0 Å². The van der Waals surface area contributed by atoms with E-state index in [0.717, 1.165) is 17.7 Å². The summed E-state index contributed by atoms with van der Waals surface area (Å²) in [5, 5.41) is 1.24. The number of ether oxygens (including phenoxy) is 1. The summed E-state index contributed by atoms with van der Waals surface area (Å²) in [6.07, 6.45) is 2.68. The molecule has 4 aromatic rings. The van der Waals surface area contributed by atoms with Gasteiger partial charge in [-0.1, -0.05) is 36.4 Å². The smallest absolute Gasteiger partial charge is 0.216 e. The molecule has 0 saturated carbocycles. The van der Waals surface area contributed by atoms with E-state index in [-0.39, 0.29) is 18.2 Å². The Morgan fingerprint density at radius 3 is 2.73 bits per heavy atom. The van der Waals surface area contributed by atoms with E-state index in [1.807, 2.05) is 36.4 Å². The van der Waals surface area contributed by atoms with Crippen molar-refractivity contribution in [2.75, 3.05) is 0 Å². The van der Waals surface area contributed by atoms with Gasteiger partial charge in [-0.15, -0.1) is 23.7 Å². The van der Waals surface area contributed by atoms with Crippen LogP contribution in [-0.2, 0) is 19.6 Å². The van der Waals surface area contributed by atoms with Crippen molar-refractivity contribution in [1.82, 2.24) is 9.97 Å².